The number of esters is 1. The lowest BCUT2D eigenvalue weighted by Crippen LogP contribution is -2.21. The SMILES string of the molecule is Cc1cc(Cl)ccc1NC(=O)COC(=O)CCCSc1nc2ccccc2s1. The van der Waals surface area contributed by atoms with E-state index >= 15 is 0 Å². The summed E-state index contributed by atoms with van der Waals surface area (Å²) in [6.45, 7) is 1.54. The van der Waals surface area contributed by atoms with Gasteiger partial charge in [-0.15, -0.1) is 11.3 Å². The minimum atomic E-state index is -0.382. The van der Waals surface area contributed by atoms with Gasteiger partial charge in [-0.05, 0) is 49.2 Å². The molecule has 1 N–H and O–H groups in total. The number of benzene rings is 2. The van der Waals surface area contributed by atoms with Gasteiger partial charge >= 0.3 is 5.97 Å². The maximum atomic E-state index is 11.9. The molecule has 1 amide bonds. The molecule has 0 unspecified atom stereocenters. The molecule has 0 saturated heterocycles. The molecule has 1 heterocycles. The first-order valence-corrected chi connectivity index (χ1v) is 10.9. The summed E-state index contributed by atoms with van der Waals surface area (Å²) < 4.78 is 7.19. The zero-order valence-corrected chi connectivity index (χ0v) is 17.6. The highest BCUT2D eigenvalue weighted by molar-refractivity contribution is 8.01. The van der Waals surface area contributed by atoms with Gasteiger partial charge in [0, 0.05) is 22.9 Å². The Morgan fingerprint density at radius 3 is 2.86 bits per heavy atom. The summed E-state index contributed by atoms with van der Waals surface area (Å²) in [6, 6.07) is 13.2. The number of nitrogens with zero attached hydrogens (tertiary/aromatic N) is 1. The zero-order chi connectivity index (χ0) is 19.9. The molecule has 0 bridgehead atoms. The van der Waals surface area contributed by atoms with Gasteiger partial charge in [-0.1, -0.05) is 35.5 Å². The number of amides is 1. The van der Waals surface area contributed by atoms with Crippen molar-refractivity contribution < 1.29 is 14.3 Å². The van der Waals surface area contributed by atoms with Gasteiger partial charge in [-0.2, -0.15) is 0 Å². The van der Waals surface area contributed by atoms with Crippen LogP contribution in [-0.4, -0.2) is 29.2 Å². The number of fused-ring (bicyclic) bond motifs is 1. The second-order valence-electron chi connectivity index (χ2n) is 6.07. The van der Waals surface area contributed by atoms with Gasteiger partial charge in [-0.3, -0.25) is 9.59 Å². The van der Waals surface area contributed by atoms with E-state index < -0.39 is 0 Å². The minimum Gasteiger partial charge on any atom is -0.456 e. The molecule has 0 spiro atoms. The van der Waals surface area contributed by atoms with E-state index in [-0.39, 0.29) is 24.9 Å². The fourth-order valence-corrected chi connectivity index (χ4v) is 4.77. The number of thiazole rings is 1. The molecule has 28 heavy (non-hydrogen) atoms. The predicted molar refractivity (Wildman–Crippen MR) is 115 cm³/mol. The molecule has 0 atom stereocenters. The second kappa shape index (κ2) is 9.91. The smallest absolute Gasteiger partial charge is 0.306 e. The molecule has 0 fully saturated rings. The Bertz CT molecular complexity index is 957. The minimum absolute atomic E-state index is 0.269. The van der Waals surface area contributed by atoms with Crippen LogP contribution in [0.2, 0.25) is 5.02 Å². The Hall–Kier alpha value is -2.09. The molecule has 3 aromatic rings. The third-order valence-electron chi connectivity index (χ3n) is 3.85. The molecular weight excluding hydrogens is 416 g/mol. The molecule has 0 radical (unpaired) electrons. The van der Waals surface area contributed by atoms with E-state index in [1.54, 1.807) is 41.3 Å². The van der Waals surface area contributed by atoms with Crippen LogP contribution in [0.1, 0.15) is 18.4 Å². The van der Waals surface area contributed by atoms with Gasteiger partial charge in [0.05, 0.1) is 10.2 Å². The van der Waals surface area contributed by atoms with Gasteiger partial charge in [-0.25, -0.2) is 4.98 Å². The van der Waals surface area contributed by atoms with Crippen molar-refractivity contribution in [3.63, 3.8) is 0 Å². The monoisotopic (exact) mass is 434 g/mol. The third kappa shape index (κ3) is 5.95. The van der Waals surface area contributed by atoms with Crippen molar-refractivity contribution in [2.75, 3.05) is 17.7 Å². The van der Waals surface area contributed by atoms with E-state index in [0.717, 1.165) is 25.9 Å². The number of carbonyl (C=O) groups excluding carboxylic acids is 2. The Kier molecular flexibility index (Phi) is 7.30. The molecule has 3 rings (SSSR count). The Labute approximate surface area is 176 Å². The van der Waals surface area contributed by atoms with Crippen molar-refractivity contribution >= 4 is 62.5 Å². The topological polar surface area (TPSA) is 68.3 Å². The first kappa shape index (κ1) is 20.6. The number of hydrogen-bond acceptors (Lipinski definition) is 6. The summed E-state index contributed by atoms with van der Waals surface area (Å²) in [6.07, 6.45) is 0.933. The van der Waals surface area contributed by atoms with E-state index in [2.05, 4.69) is 10.3 Å². The van der Waals surface area contributed by atoms with Crippen LogP contribution in [0.15, 0.2) is 46.8 Å². The van der Waals surface area contributed by atoms with Crippen molar-refractivity contribution in [3.8, 4) is 0 Å². The maximum absolute atomic E-state index is 11.9. The normalized spacial score (nSPS) is 10.8. The van der Waals surface area contributed by atoms with E-state index in [9.17, 15) is 9.59 Å². The fourth-order valence-electron chi connectivity index (χ4n) is 2.46. The van der Waals surface area contributed by atoms with Crippen LogP contribution in [0.3, 0.4) is 0 Å². The van der Waals surface area contributed by atoms with Gasteiger partial charge in [0.25, 0.3) is 5.91 Å². The Morgan fingerprint density at radius 1 is 1.25 bits per heavy atom. The lowest BCUT2D eigenvalue weighted by atomic mass is 10.2. The lowest BCUT2D eigenvalue weighted by molar-refractivity contribution is -0.147. The Balaban J connectivity index is 1.34. The van der Waals surface area contributed by atoms with Gasteiger partial charge in [0.2, 0.25) is 0 Å². The maximum Gasteiger partial charge on any atom is 0.306 e. The van der Waals surface area contributed by atoms with Crippen LogP contribution in [0.5, 0.6) is 0 Å². The molecule has 0 aliphatic carbocycles. The van der Waals surface area contributed by atoms with Crippen molar-refractivity contribution in [2.45, 2.75) is 24.1 Å². The number of thioether (sulfide) groups is 1. The van der Waals surface area contributed by atoms with Crippen molar-refractivity contribution in [1.29, 1.82) is 0 Å². The molecule has 1 aromatic heterocycles. The highest BCUT2D eigenvalue weighted by Crippen LogP contribution is 2.29. The lowest BCUT2D eigenvalue weighted by Gasteiger charge is -2.09. The average molecular weight is 435 g/mol. The number of rotatable bonds is 8. The summed E-state index contributed by atoms with van der Waals surface area (Å²) >= 11 is 9.16. The number of nitrogens with one attached hydrogen (secondary N) is 1. The van der Waals surface area contributed by atoms with Crippen LogP contribution < -0.4 is 5.32 Å². The molecule has 0 saturated carbocycles. The van der Waals surface area contributed by atoms with Crippen molar-refractivity contribution in [1.82, 2.24) is 4.98 Å². The first-order chi connectivity index (χ1) is 13.5. The number of hydrogen-bond donors (Lipinski definition) is 1. The van der Waals surface area contributed by atoms with E-state index in [1.165, 1.54) is 0 Å². The van der Waals surface area contributed by atoms with E-state index in [4.69, 9.17) is 16.3 Å². The molecule has 8 heteroatoms. The second-order valence-corrected chi connectivity index (χ2v) is 8.88. The van der Waals surface area contributed by atoms with Gasteiger partial charge in [0.15, 0.2) is 10.9 Å². The van der Waals surface area contributed by atoms with Crippen LogP contribution >= 0.6 is 34.7 Å². The third-order valence-corrected chi connectivity index (χ3v) is 6.35. The first-order valence-electron chi connectivity index (χ1n) is 8.71. The van der Waals surface area contributed by atoms with E-state index in [0.29, 0.717) is 17.1 Å². The van der Waals surface area contributed by atoms with E-state index in [1.807, 2.05) is 31.2 Å². The van der Waals surface area contributed by atoms with Gasteiger partial charge < -0.3 is 10.1 Å². The highest BCUT2D eigenvalue weighted by Gasteiger charge is 2.10. The quantitative estimate of drug-likeness (QED) is 0.295. The number of halogens is 1. The summed E-state index contributed by atoms with van der Waals surface area (Å²) in [5, 5.41) is 3.31. The molecule has 0 aliphatic heterocycles. The molecular formula is C20H19ClN2O3S2. The number of anilines is 1. The molecule has 2 aromatic carbocycles. The summed E-state index contributed by atoms with van der Waals surface area (Å²) in [4.78, 5) is 28.3. The molecule has 0 aliphatic rings. The Morgan fingerprint density at radius 2 is 2.07 bits per heavy atom. The number of aromatic nitrogens is 1. The number of carbonyl (C=O) groups is 2. The highest BCUT2D eigenvalue weighted by atomic mass is 35.5. The predicted octanol–water partition coefficient (Wildman–Crippen LogP) is 5.31. The fraction of sp³-hybridized carbons (Fsp3) is 0.250. The molecule has 5 nitrogen and oxygen atoms in total. The zero-order valence-electron chi connectivity index (χ0n) is 15.2. The number of ether oxygens (including phenoxy) is 1. The standard InChI is InChI=1S/C20H19ClN2O3S2/c1-13-11-14(21)8-9-15(13)22-18(24)12-26-19(25)7-4-10-27-20-23-16-5-2-3-6-17(16)28-20/h2-3,5-6,8-9,11H,4,7,10,12H2,1H3,(H,22,24). The van der Waals surface area contributed by atoms with Crippen LogP contribution in [0, 0.1) is 6.92 Å². The summed E-state index contributed by atoms with van der Waals surface area (Å²) in [5.74, 6) is 0.0148. The largest absolute Gasteiger partial charge is 0.456 e. The van der Waals surface area contributed by atoms with Crippen LogP contribution in [0.25, 0.3) is 10.2 Å². The van der Waals surface area contributed by atoms with Gasteiger partial charge in [0.1, 0.15) is 0 Å². The number of para-hydroxylation sites is 1. The van der Waals surface area contributed by atoms with Crippen molar-refractivity contribution in [3.05, 3.63) is 53.1 Å². The summed E-state index contributed by atoms with van der Waals surface area (Å²) in [7, 11) is 0. The molecule has 146 valence electrons. The van der Waals surface area contributed by atoms with Crippen LogP contribution in [0.4, 0.5) is 5.69 Å². The number of aryl methyl sites for hydroxylation is 1. The van der Waals surface area contributed by atoms with Crippen LogP contribution in [-0.2, 0) is 14.3 Å². The average Bonchev–Trinajstić information content (AvgIpc) is 3.09. The summed E-state index contributed by atoms with van der Waals surface area (Å²) in [5.41, 5.74) is 2.49. The van der Waals surface area contributed by atoms with Crippen molar-refractivity contribution in [2.24, 2.45) is 0 Å².